The first-order chi connectivity index (χ1) is 14.3. The lowest BCUT2D eigenvalue weighted by molar-refractivity contribution is -1.00. The van der Waals surface area contributed by atoms with E-state index in [1.807, 2.05) is 57.2 Å². The van der Waals surface area contributed by atoms with E-state index in [0.29, 0.717) is 18.1 Å². The number of hydrogen-bond acceptors (Lipinski definition) is 2. The molecule has 30 heavy (non-hydrogen) atoms. The van der Waals surface area contributed by atoms with Gasteiger partial charge in [0.15, 0.2) is 13.1 Å². The van der Waals surface area contributed by atoms with Crippen molar-refractivity contribution < 1.29 is 19.4 Å². The molecular weight excluding hydrogens is 400 g/mol. The number of aryl methyl sites for hydroxylation is 1. The topological polar surface area (TPSA) is 67.1 Å². The van der Waals surface area contributed by atoms with Crippen molar-refractivity contribution in [2.75, 3.05) is 49.9 Å². The number of carbonyl (C=O) groups excluding carboxylic acids is 2. The lowest BCUT2D eigenvalue weighted by atomic mass is 10.1. The maximum atomic E-state index is 12.5. The minimum atomic E-state index is -0.00789. The van der Waals surface area contributed by atoms with E-state index in [9.17, 15) is 9.59 Å². The standard InChI is InChI=1S/C23H29ClN4O2/c1-16-6-4-8-20(17(16)2)25-22(29)14-27-10-12-28(13-11-27)15-23(30)26-21-9-5-7-19(24)18(21)3/h4-9H,10-15H2,1-3H3,(H,25,29)(H,26,30)/p+2. The quantitative estimate of drug-likeness (QED) is 0.543. The molecule has 3 rings (SSSR count). The van der Waals surface area contributed by atoms with Crippen LogP contribution in [0.3, 0.4) is 0 Å². The zero-order valence-corrected chi connectivity index (χ0v) is 18.7. The number of halogens is 1. The molecule has 7 heteroatoms. The van der Waals surface area contributed by atoms with Gasteiger partial charge in [0.1, 0.15) is 26.2 Å². The summed E-state index contributed by atoms with van der Waals surface area (Å²) in [7, 11) is 0. The van der Waals surface area contributed by atoms with Crippen molar-refractivity contribution in [1.82, 2.24) is 0 Å². The summed E-state index contributed by atoms with van der Waals surface area (Å²) in [5.41, 5.74) is 4.81. The zero-order valence-electron chi connectivity index (χ0n) is 17.9. The van der Waals surface area contributed by atoms with E-state index in [4.69, 9.17) is 11.6 Å². The first-order valence-electron chi connectivity index (χ1n) is 10.4. The smallest absolute Gasteiger partial charge is 0.279 e. The summed E-state index contributed by atoms with van der Waals surface area (Å²) in [6.45, 7) is 10.3. The first kappa shape index (κ1) is 22.3. The Kier molecular flexibility index (Phi) is 7.48. The highest BCUT2D eigenvalue weighted by Gasteiger charge is 2.26. The molecule has 6 nitrogen and oxygen atoms in total. The number of anilines is 2. The van der Waals surface area contributed by atoms with Crippen molar-refractivity contribution in [3.63, 3.8) is 0 Å². The second kappa shape index (κ2) is 10.1. The molecule has 0 spiro atoms. The summed E-state index contributed by atoms with van der Waals surface area (Å²) in [6, 6.07) is 11.5. The highest BCUT2D eigenvalue weighted by molar-refractivity contribution is 6.31. The van der Waals surface area contributed by atoms with Crippen LogP contribution in [0.4, 0.5) is 11.4 Å². The third kappa shape index (κ3) is 5.81. The van der Waals surface area contributed by atoms with E-state index in [-0.39, 0.29) is 11.8 Å². The number of piperazine rings is 1. The van der Waals surface area contributed by atoms with Crippen LogP contribution in [0.15, 0.2) is 36.4 Å². The van der Waals surface area contributed by atoms with Crippen molar-refractivity contribution in [2.45, 2.75) is 20.8 Å². The summed E-state index contributed by atoms with van der Waals surface area (Å²) in [6.07, 6.45) is 0. The predicted molar refractivity (Wildman–Crippen MR) is 120 cm³/mol. The molecule has 2 aromatic rings. The molecule has 0 aliphatic carbocycles. The van der Waals surface area contributed by atoms with Crippen LogP contribution in [0.2, 0.25) is 5.02 Å². The molecule has 0 atom stereocenters. The Labute approximate surface area is 183 Å². The van der Waals surface area contributed by atoms with Crippen LogP contribution in [0.5, 0.6) is 0 Å². The highest BCUT2D eigenvalue weighted by atomic mass is 35.5. The Bertz CT molecular complexity index is 848. The molecule has 0 saturated carbocycles. The number of amides is 2. The maximum absolute atomic E-state index is 12.5. The molecule has 1 saturated heterocycles. The van der Waals surface area contributed by atoms with Gasteiger partial charge in [0.2, 0.25) is 0 Å². The van der Waals surface area contributed by atoms with Crippen molar-refractivity contribution in [3.8, 4) is 0 Å². The lowest BCUT2D eigenvalue weighted by Crippen LogP contribution is -3.28. The largest absolute Gasteiger partial charge is 0.321 e. The van der Waals surface area contributed by atoms with Crippen LogP contribution < -0.4 is 20.4 Å². The molecule has 1 fully saturated rings. The fraction of sp³-hybridized carbons (Fsp3) is 0.391. The van der Waals surface area contributed by atoms with Crippen LogP contribution in [0.1, 0.15) is 16.7 Å². The third-order valence-corrected chi connectivity index (χ3v) is 6.32. The minimum Gasteiger partial charge on any atom is -0.321 e. The number of rotatable bonds is 6. The van der Waals surface area contributed by atoms with Gasteiger partial charge in [-0.2, -0.15) is 0 Å². The third-order valence-electron chi connectivity index (χ3n) is 5.91. The SMILES string of the molecule is Cc1cccc(NC(=O)C[NH+]2CC[NH+](CC(=O)Nc3cccc(Cl)c3C)CC2)c1C. The van der Waals surface area contributed by atoms with Crippen molar-refractivity contribution in [1.29, 1.82) is 0 Å². The Hall–Kier alpha value is -2.41. The van der Waals surface area contributed by atoms with Gasteiger partial charge in [-0.25, -0.2) is 0 Å². The van der Waals surface area contributed by atoms with Gasteiger partial charge in [-0.3, -0.25) is 9.59 Å². The van der Waals surface area contributed by atoms with Crippen LogP contribution in [-0.2, 0) is 9.59 Å². The lowest BCUT2D eigenvalue weighted by Gasteiger charge is -2.29. The van der Waals surface area contributed by atoms with Crippen LogP contribution in [-0.4, -0.2) is 51.1 Å². The number of hydrogen-bond donors (Lipinski definition) is 4. The average Bonchev–Trinajstić information content (AvgIpc) is 2.70. The fourth-order valence-corrected chi connectivity index (χ4v) is 3.96. The molecule has 0 unspecified atom stereocenters. The molecule has 0 aromatic heterocycles. The summed E-state index contributed by atoms with van der Waals surface area (Å²) >= 11 is 6.12. The maximum Gasteiger partial charge on any atom is 0.279 e. The number of benzene rings is 2. The Morgan fingerprint density at radius 2 is 1.27 bits per heavy atom. The van der Waals surface area contributed by atoms with Gasteiger partial charge >= 0.3 is 0 Å². The van der Waals surface area contributed by atoms with Gasteiger partial charge in [-0.15, -0.1) is 0 Å². The van der Waals surface area contributed by atoms with Crippen LogP contribution in [0, 0.1) is 20.8 Å². The second-order valence-electron chi connectivity index (χ2n) is 8.11. The monoisotopic (exact) mass is 430 g/mol. The summed E-state index contributed by atoms with van der Waals surface area (Å²) in [4.78, 5) is 27.4. The predicted octanol–water partition coefficient (Wildman–Crippen LogP) is 0.626. The van der Waals surface area contributed by atoms with Crippen LogP contribution in [0.25, 0.3) is 0 Å². The van der Waals surface area contributed by atoms with E-state index < -0.39 is 0 Å². The van der Waals surface area contributed by atoms with Crippen LogP contribution >= 0.6 is 11.6 Å². The van der Waals surface area contributed by atoms with Gasteiger partial charge in [0.05, 0.1) is 0 Å². The summed E-state index contributed by atoms with van der Waals surface area (Å²) in [5.74, 6) is 0.0304. The van der Waals surface area contributed by atoms with Gasteiger partial charge in [0.25, 0.3) is 11.8 Å². The van der Waals surface area contributed by atoms with E-state index in [1.54, 1.807) is 0 Å². The molecule has 2 amide bonds. The molecule has 4 N–H and O–H groups in total. The van der Waals surface area contributed by atoms with E-state index in [0.717, 1.165) is 48.7 Å². The van der Waals surface area contributed by atoms with Gasteiger partial charge < -0.3 is 20.4 Å². The molecule has 0 bridgehead atoms. The number of carbonyl (C=O) groups is 2. The fourth-order valence-electron chi connectivity index (χ4n) is 3.78. The Balaban J connectivity index is 1.43. The molecule has 1 aliphatic heterocycles. The highest BCUT2D eigenvalue weighted by Crippen LogP contribution is 2.22. The molecule has 1 heterocycles. The number of nitrogens with one attached hydrogen (secondary N) is 4. The zero-order chi connectivity index (χ0) is 21.7. The first-order valence-corrected chi connectivity index (χ1v) is 10.8. The van der Waals surface area contributed by atoms with Crippen molar-refractivity contribution >= 4 is 34.8 Å². The second-order valence-corrected chi connectivity index (χ2v) is 8.52. The Morgan fingerprint density at radius 1 is 0.800 bits per heavy atom. The van der Waals surface area contributed by atoms with E-state index in [1.165, 1.54) is 15.4 Å². The Morgan fingerprint density at radius 3 is 1.80 bits per heavy atom. The summed E-state index contributed by atoms with van der Waals surface area (Å²) < 4.78 is 0. The minimum absolute atomic E-state index is 0.00789. The van der Waals surface area contributed by atoms with Gasteiger partial charge in [0, 0.05) is 16.4 Å². The normalized spacial score (nSPS) is 18.7. The molecular formula is C23H31ClN4O2+2. The van der Waals surface area contributed by atoms with E-state index >= 15 is 0 Å². The van der Waals surface area contributed by atoms with Crippen molar-refractivity contribution in [3.05, 3.63) is 58.1 Å². The van der Waals surface area contributed by atoms with Gasteiger partial charge in [-0.1, -0.05) is 29.8 Å². The van der Waals surface area contributed by atoms with Gasteiger partial charge in [-0.05, 0) is 55.7 Å². The molecule has 1 aliphatic rings. The summed E-state index contributed by atoms with van der Waals surface area (Å²) in [5, 5.41) is 6.65. The molecule has 2 aromatic carbocycles. The molecule has 0 radical (unpaired) electrons. The van der Waals surface area contributed by atoms with E-state index in [2.05, 4.69) is 10.6 Å². The average molecular weight is 431 g/mol. The molecule has 160 valence electrons. The number of quaternary nitrogens is 2. The van der Waals surface area contributed by atoms with Crippen molar-refractivity contribution in [2.24, 2.45) is 0 Å².